The molecular weight excluding hydrogens is 356 g/mol. The second-order valence-corrected chi connectivity index (χ2v) is 6.73. The molecule has 0 amide bonds. The number of aromatic nitrogens is 2. The Balaban J connectivity index is 1.95. The molecule has 0 fully saturated rings. The van der Waals surface area contributed by atoms with E-state index in [4.69, 9.17) is 16.6 Å². The summed E-state index contributed by atoms with van der Waals surface area (Å²) < 4.78 is 1.56. The molecule has 27 heavy (non-hydrogen) atoms. The maximum absolute atomic E-state index is 13.2. The molecule has 132 valence electrons. The van der Waals surface area contributed by atoms with Gasteiger partial charge in [0.15, 0.2) is 0 Å². The van der Waals surface area contributed by atoms with Crippen molar-refractivity contribution in [2.75, 3.05) is 0 Å². The van der Waals surface area contributed by atoms with Crippen molar-refractivity contribution in [1.29, 1.82) is 0 Å². The number of nitrogens with zero attached hydrogens (tertiary/aromatic N) is 2. The molecule has 3 nitrogen and oxygen atoms in total. The number of halogens is 1. The van der Waals surface area contributed by atoms with E-state index in [9.17, 15) is 4.79 Å². The summed E-state index contributed by atoms with van der Waals surface area (Å²) in [4.78, 5) is 17.9. The second kappa shape index (κ2) is 7.22. The molecule has 0 aliphatic heterocycles. The Morgan fingerprint density at radius 2 is 1.59 bits per heavy atom. The molecule has 0 unspecified atom stereocenters. The molecule has 0 atom stereocenters. The molecule has 3 aromatic carbocycles. The first-order valence-electron chi connectivity index (χ1n) is 8.65. The summed E-state index contributed by atoms with van der Waals surface area (Å²) in [6, 6.07) is 22.8. The molecular formula is C23H17ClN2O. The number of aryl methyl sites for hydroxylation is 1. The van der Waals surface area contributed by atoms with Crippen LogP contribution in [0, 0.1) is 6.92 Å². The van der Waals surface area contributed by atoms with Gasteiger partial charge in [-0.05, 0) is 42.8 Å². The molecule has 4 heteroatoms. The number of rotatable bonds is 3. The molecule has 0 bridgehead atoms. The highest BCUT2D eigenvalue weighted by atomic mass is 35.5. The number of para-hydroxylation sites is 2. The van der Waals surface area contributed by atoms with Gasteiger partial charge in [0.25, 0.3) is 5.56 Å². The van der Waals surface area contributed by atoms with E-state index in [1.165, 1.54) is 5.56 Å². The van der Waals surface area contributed by atoms with Gasteiger partial charge in [-0.25, -0.2) is 4.98 Å². The zero-order chi connectivity index (χ0) is 18.8. The SMILES string of the molecule is Cc1ccc(/C=C/c2nc3ccccc3c(=O)n2-c2ccccc2Cl)cc1. The second-order valence-electron chi connectivity index (χ2n) is 6.32. The van der Waals surface area contributed by atoms with Crippen molar-refractivity contribution >= 4 is 34.7 Å². The summed E-state index contributed by atoms with van der Waals surface area (Å²) in [6.45, 7) is 2.05. The van der Waals surface area contributed by atoms with Gasteiger partial charge in [-0.3, -0.25) is 9.36 Å². The fourth-order valence-corrected chi connectivity index (χ4v) is 3.20. The number of benzene rings is 3. The van der Waals surface area contributed by atoms with E-state index in [1.807, 2.05) is 67.6 Å². The maximum Gasteiger partial charge on any atom is 0.266 e. The standard InChI is InChI=1S/C23H17ClN2O/c1-16-10-12-17(13-11-16)14-15-22-25-20-8-4-2-6-18(20)23(27)26(22)21-9-5-3-7-19(21)24/h2-15H,1H3/b15-14+. The van der Waals surface area contributed by atoms with Crippen LogP contribution in [0.25, 0.3) is 28.7 Å². The molecule has 4 rings (SSSR count). The highest BCUT2D eigenvalue weighted by Gasteiger charge is 2.13. The summed E-state index contributed by atoms with van der Waals surface area (Å²) in [5, 5.41) is 1.06. The fraction of sp³-hybridized carbons (Fsp3) is 0.0435. The van der Waals surface area contributed by atoms with Crippen LogP contribution in [-0.2, 0) is 0 Å². The first kappa shape index (κ1) is 17.3. The highest BCUT2D eigenvalue weighted by Crippen LogP contribution is 2.22. The molecule has 0 radical (unpaired) electrons. The van der Waals surface area contributed by atoms with Crippen molar-refractivity contribution in [1.82, 2.24) is 9.55 Å². The minimum absolute atomic E-state index is 0.141. The molecule has 0 aliphatic carbocycles. The van der Waals surface area contributed by atoms with Crippen LogP contribution in [0.15, 0.2) is 77.6 Å². The summed E-state index contributed by atoms with van der Waals surface area (Å²) in [5.74, 6) is 0.535. The summed E-state index contributed by atoms with van der Waals surface area (Å²) in [6.07, 6.45) is 3.80. The highest BCUT2D eigenvalue weighted by molar-refractivity contribution is 6.32. The lowest BCUT2D eigenvalue weighted by molar-refractivity contribution is 0.944. The summed E-state index contributed by atoms with van der Waals surface area (Å²) in [7, 11) is 0. The Morgan fingerprint density at radius 3 is 2.37 bits per heavy atom. The van der Waals surface area contributed by atoms with Crippen LogP contribution in [0.5, 0.6) is 0 Å². The van der Waals surface area contributed by atoms with Gasteiger partial charge >= 0.3 is 0 Å². The predicted octanol–water partition coefficient (Wildman–Crippen LogP) is 5.52. The van der Waals surface area contributed by atoms with E-state index in [1.54, 1.807) is 16.7 Å². The first-order valence-corrected chi connectivity index (χ1v) is 9.03. The van der Waals surface area contributed by atoms with Crippen LogP contribution in [0.1, 0.15) is 17.0 Å². The summed E-state index contributed by atoms with van der Waals surface area (Å²) in [5.41, 5.74) is 3.37. The average molecular weight is 373 g/mol. The largest absolute Gasteiger partial charge is 0.268 e. The average Bonchev–Trinajstić information content (AvgIpc) is 2.69. The number of fused-ring (bicyclic) bond motifs is 1. The van der Waals surface area contributed by atoms with Crippen LogP contribution in [0.4, 0.5) is 0 Å². The zero-order valence-electron chi connectivity index (χ0n) is 14.8. The third kappa shape index (κ3) is 3.42. The van der Waals surface area contributed by atoms with Crippen molar-refractivity contribution in [2.24, 2.45) is 0 Å². The monoisotopic (exact) mass is 372 g/mol. The first-order chi connectivity index (χ1) is 13.1. The molecule has 0 N–H and O–H groups in total. The summed E-state index contributed by atoms with van der Waals surface area (Å²) >= 11 is 6.38. The number of hydrogen-bond donors (Lipinski definition) is 0. The van der Waals surface area contributed by atoms with Crippen molar-refractivity contribution in [3.63, 3.8) is 0 Å². The molecule has 0 saturated carbocycles. The van der Waals surface area contributed by atoms with Crippen molar-refractivity contribution in [2.45, 2.75) is 6.92 Å². The van der Waals surface area contributed by atoms with Crippen molar-refractivity contribution < 1.29 is 0 Å². The van der Waals surface area contributed by atoms with E-state index < -0.39 is 0 Å². The molecule has 0 saturated heterocycles. The van der Waals surface area contributed by atoms with Gasteiger partial charge in [-0.2, -0.15) is 0 Å². The van der Waals surface area contributed by atoms with Gasteiger partial charge in [0, 0.05) is 0 Å². The van der Waals surface area contributed by atoms with Crippen LogP contribution >= 0.6 is 11.6 Å². The van der Waals surface area contributed by atoms with E-state index in [-0.39, 0.29) is 5.56 Å². The Hall–Kier alpha value is -3.17. The zero-order valence-corrected chi connectivity index (χ0v) is 15.5. The lowest BCUT2D eigenvalue weighted by Gasteiger charge is -2.12. The van der Waals surface area contributed by atoms with Crippen molar-refractivity contribution in [3.05, 3.63) is 105 Å². The minimum Gasteiger partial charge on any atom is -0.268 e. The minimum atomic E-state index is -0.141. The number of hydrogen-bond acceptors (Lipinski definition) is 2. The fourth-order valence-electron chi connectivity index (χ4n) is 2.98. The normalized spacial score (nSPS) is 11.3. The van der Waals surface area contributed by atoms with Crippen LogP contribution < -0.4 is 5.56 Å². The quantitative estimate of drug-likeness (QED) is 0.474. The van der Waals surface area contributed by atoms with Gasteiger partial charge in [-0.1, -0.05) is 71.8 Å². The van der Waals surface area contributed by atoms with Gasteiger partial charge in [0.1, 0.15) is 5.82 Å². The van der Waals surface area contributed by atoms with E-state index in [2.05, 4.69) is 12.1 Å². The lowest BCUT2D eigenvalue weighted by Crippen LogP contribution is -2.22. The third-order valence-electron chi connectivity index (χ3n) is 4.40. The van der Waals surface area contributed by atoms with Crippen LogP contribution in [0.2, 0.25) is 5.02 Å². The molecule has 4 aromatic rings. The molecule has 0 spiro atoms. The van der Waals surface area contributed by atoms with Gasteiger partial charge in [0.2, 0.25) is 0 Å². The van der Waals surface area contributed by atoms with Gasteiger partial charge < -0.3 is 0 Å². The molecule has 1 aromatic heterocycles. The van der Waals surface area contributed by atoms with E-state index in [0.717, 1.165) is 5.56 Å². The van der Waals surface area contributed by atoms with Crippen LogP contribution in [-0.4, -0.2) is 9.55 Å². The van der Waals surface area contributed by atoms with Crippen LogP contribution in [0.3, 0.4) is 0 Å². The van der Waals surface area contributed by atoms with E-state index in [0.29, 0.717) is 27.4 Å². The molecule has 0 aliphatic rings. The maximum atomic E-state index is 13.2. The Bertz CT molecular complexity index is 1210. The smallest absolute Gasteiger partial charge is 0.266 e. The lowest BCUT2D eigenvalue weighted by atomic mass is 10.1. The predicted molar refractivity (Wildman–Crippen MR) is 112 cm³/mol. The van der Waals surface area contributed by atoms with Gasteiger partial charge in [0.05, 0.1) is 21.6 Å². The Morgan fingerprint density at radius 1 is 0.889 bits per heavy atom. The van der Waals surface area contributed by atoms with E-state index >= 15 is 0 Å². The van der Waals surface area contributed by atoms with Crippen molar-refractivity contribution in [3.8, 4) is 5.69 Å². The van der Waals surface area contributed by atoms with Gasteiger partial charge in [-0.15, -0.1) is 0 Å². The topological polar surface area (TPSA) is 34.9 Å². The Labute approximate surface area is 162 Å². The third-order valence-corrected chi connectivity index (χ3v) is 4.72. The Kier molecular flexibility index (Phi) is 4.61. The molecule has 1 heterocycles.